The van der Waals surface area contributed by atoms with E-state index in [9.17, 15) is 4.39 Å². The molecule has 0 aliphatic rings. The molecule has 0 saturated carbocycles. The summed E-state index contributed by atoms with van der Waals surface area (Å²) >= 11 is 9.40. The van der Waals surface area contributed by atoms with Crippen molar-refractivity contribution in [2.24, 2.45) is 0 Å². The molecule has 88 valence electrons. The smallest absolute Gasteiger partial charge is 0.142 e. The zero-order valence-corrected chi connectivity index (χ0v) is 11.1. The second kappa shape index (κ2) is 5.56. The molecule has 1 heterocycles. The summed E-state index contributed by atoms with van der Waals surface area (Å²) in [6.45, 7) is 0. The van der Waals surface area contributed by atoms with Crippen LogP contribution in [0.2, 0.25) is 5.02 Å². The van der Waals surface area contributed by atoms with Gasteiger partial charge in [0.05, 0.1) is 4.83 Å². The summed E-state index contributed by atoms with van der Waals surface area (Å²) < 4.78 is 13.6. The van der Waals surface area contributed by atoms with Crippen molar-refractivity contribution in [3.63, 3.8) is 0 Å². The number of benzene rings is 1. The van der Waals surface area contributed by atoms with E-state index in [2.05, 4.69) is 25.9 Å². The van der Waals surface area contributed by atoms with Gasteiger partial charge in [0, 0.05) is 23.0 Å². The molecular weight excluding hydrogens is 307 g/mol. The highest BCUT2D eigenvalue weighted by atomic mass is 79.9. The summed E-state index contributed by atoms with van der Waals surface area (Å²) in [4.78, 5) is 8.07. The molecule has 0 N–H and O–H groups in total. The number of halogens is 3. The van der Waals surface area contributed by atoms with E-state index in [0.29, 0.717) is 22.8 Å². The SMILES string of the molecule is Fc1cccc(Cl)c1CC(Br)c1ncccn1. The third-order valence-electron chi connectivity index (χ3n) is 2.31. The Hall–Kier alpha value is -1.00. The van der Waals surface area contributed by atoms with E-state index in [1.54, 1.807) is 30.6 Å². The van der Waals surface area contributed by atoms with Gasteiger partial charge in [0.15, 0.2) is 0 Å². The Bertz CT molecular complexity index is 487. The predicted molar refractivity (Wildman–Crippen MR) is 68.8 cm³/mol. The van der Waals surface area contributed by atoms with Crippen LogP contribution in [0.4, 0.5) is 4.39 Å². The second-order valence-corrected chi connectivity index (χ2v) is 4.99. The largest absolute Gasteiger partial charge is 0.240 e. The zero-order valence-electron chi connectivity index (χ0n) is 8.78. The Morgan fingerprint density at radius 2 is 1.94 bits per heavy atom. The Kier molecular flexibility index (Phi) is 4.07. The fourth-order valence-electron chi connectivity index (χ4n) is 1.47. The van der Waals surface area contributed by atoms with Gasteiger partial charge in [-0.05, 0) is 24.6 Å². The standard InChI is InChI=1S/C12H9BrClFN2/c13-9(12-16-5-2-6-17-12)7-8-10(14)3-1-4-11(8)15/h1-6,9H,7H2. The molecule has 17 heavy (non-hydrogen) atoms. The first-order chi connectivity index (χ1) is 8.18. The molecule has 5 heteroatoms. The zero-order chi connectivity index (χ0) is 12.3. The molecule has 2 rings (SSSR count). The molecule has 0 fully saturated rings. The van der Waals surface area contributed by atoms with Crippen molar-refractivity contribution < 1.29 is 4.39 Å². The van der Waals surface area contributed by atoms with E-state index in [-0.39, 0.29) is 10.6 Å². The quantitative estimate of drug-likeness (QED) is 0.802. The molecule has 2 nitrogen and oxygen atoms in total. The molecular formula is C12H9BrClFN2. The highest BCUT2D eigenvalue weighted by molar-refractivity contribution is 9.09. The highest BCUT2D eigenvalue weighted by Gasteiger charge is 2.15. The molecule has 0 amide bonds. The molecule has 1 atom stereocenters. The maximum Gasteiger partial charge on any atom is 0.142 e. The van der Waals surface area contributed by atoms with E-state index in [1.165, 1.54) is 6.07 Å². The third kappa shape index (κ3) is 3.01. The van der Waals surface area contributed by atoms with Gasteiger partial charge in [-0.3, -0.25) is 0 Å². The fraction of sp³-hybridized carbons (Fsp3) is 0.167. The number of alkyl halides is 1. The topological polar surface area (TPSA) is 25.8 Å². The maximum absolute atomic E-state index is 13.6. The van der Waals surface area contributed by atoms with Crippen molar-refractivity contribution >= 4 is 27.5 Å². The molecule has 0 bridgehead atoms. The van der Waals surface area contributed by atoms with Crippen LogP contribution >= 0.6 is 27.5 Å². The number of hydrogen-bond donors (Lipinski definition) is 0. The van der Waals surface area contributed by atoms with E-state index >= 15 is 0 Å². The van der Waals surface area contributed by atoms with Gasteiger partial charge in [0.2, 0.25) is 0 Å². The predicted octanol–water partition coefficient (Wildman–Crippen LogP) is 3.95. The normalized spacial score (nSPS) is 12.4. The van der Waals surface area contributed by atoms with Gasteiger partial charge in [-0.1, -0.05) is 33.6 Å². The van der Waals surface area contributed by atoms with Crippen molar-refractivity contribution in [3.05, 3.63) is 58.9 Å². The van der Waals surface area contributed by atoms with Gasteiger partial charge in [-0.25, -0.2) is 14.4 Å². The van der Waals surface area contributed by atoms with Crippen molar-refractivity contribution in [1.29, 1.82) is 0 Å². The van der Waals surface area contributed by atoms with Gasteiger partial charge < -0.3 is 0 Å². The van der Waals surface area contributed by atoms with E-state index in [1.807, 2.05) is 0 Å². The average Bonchev–Trinajstić information content (AvgIpc) is 2.35. The van der Waals surface area contributed by atoms with Crippen molar-refractivity contribution in [3.8, 4) is 0 Å². The molecule has 1 aromatic heterocycles. The van der Waals surface area contributed by atoms with Gasteiger partial charge >= 0.3 is 0 Å². The maximum atomic E-state index is 13.6. The Labute approximate surface area is 112 Å². The summed E-state index contributed by atoms with van der Waals surface area (Å²) in [5, 5.41) is 0.422. The number of nitrogens with zero attached hydrogens (tertiary/aromatic N) is 2. The number of aromatic nitrogens is 2. The van der Waals surface area contributed by atoms with Crippen LogP contribution in [0.15, 0.2) is 36.7 Å². The lowest BCUT2D eigenvalue weighted by molar-refractivity contribution is 0.607. The summed E-state index contributed by atoms with van der Waals surface area (Å²) in [6, 6.07) is 6.39. The minimum Gasteiger partial charge on any atom is -0.240 e. The van der Waals surface area contributed by atoms with E-state index in [0.717, 1.165) is 0 Å². The minimum atomic E-state index is -0.308. The van der Waals surface area contributed by atoms with Gasteiger partial charge in [0.1, 0.15) is 11.6 Å². The minimum absolute atomic E-state index is 0.155. The molecule has 1 unspecified atom stereocenters. The van der Waals surface area contributed by atoms with Crippen LogP contribution in [0, 0.1) is 5.82 Å². The van der Waals surface area contributed by atoms with Gasteiger partial charge in [0.25, 0.3) is 0 Å². The molecule has 0 radical (unpaired) electrons. The summed E-state index contributed by atoms with van der Waals surface area (Å²) in [6.07, 6.45) is 3.72. The lowest BCUT2D eigenvalue weighted by Gasteiger charge is -2.10. The molecule has 0 saturated heterocycles. The van der Waals surface area contributed by atoms with Crippen LogP contribution in [0.25, 0.3) is 0 Å². The first-order valence-electron chi connectivity index (χ1n) is 5.02. The van der Waals surface area contributed by atoms with Crippen LogP contribution in [-0.2, 0) is 6.42 Å². The Balaban J connectivity index is 2.22. The molecule has 0 aliphatic heterocycles. The van der Waals surface area contributed by atoms with Crippen LogP contribution in [0.5, 0.6) is 0 Å². The fourth-order valence-corrected chi connectivity index (χ4v) is 2.27. The van der Waals surface area contributed by atoms with E-state index in [4.69, 9.17) is 11.6 Å². The lowest BCUT2D eigenvalue weighted by Crippen LogP contribution is -2.02. The highest BCUT2D eigenvalue weighted by Crippen LogP contribution is 2.29. The molecule has 2 aromatic rings. The van der Waals surface area contributed by atoms with Gasteiger partial charge in [-0.2, -0.15) is 0 Å². The van der Waals surface area contributed by atoms with Crippen molar-refractivity contribution in [2.45, 2.75) is 11.2 Å². The Morgan fingerprint density at radius 1 is 1.24 bits per heavy atom. The first kappa shape index (κ1) is 12.5. The summed E-state index contributed by atoms with van der Waals surface area (Å²) in [5.41, 5.74) is 0.475. The van der Waals surface area contributed by atoms with Crippen LogP contribution in [0.3, 0.4) is 0 Å². The second-order valence-electron chi connectivity index (χ2n) is 3.48. The van der Waals surface area contributed by atoms with Crippen LogP contribution < -0.4 is 0 Å². The summed E-state index contributed by atoms with van der Waals surface area (Å²) in [5.74, 6) is 0.310. The van der Waals surface area contributed by atoms with Gasteiger partial charge in [-0.15, -0.1) is 0 Å². The third-order valence-corrected chi connectivity index (χ3v) is 3.40. The molecule has 1 aromatic carbocycles. The van der Waals surface area contributed by atoms with Crippen molar-refractivity contribution in [2.75, 3.05) is 0 Å². The van der Waals surface area contributed by atoms with Crippen LogP contribution in [0.1, 0.15) is 16.2 Å². The molecule has 0 spiro atoms. The first-order valence-corrected chi connectivity index (χ1v) is 6.31. The van der Waals surface area contributed by atoms with Crippen molar-refractivity contribution in [1.82, 2.24) is 9.97 Å². The van der Waals surface area contributed by atoms with E-state index < -0.39 is 0 Å². The summed E-state index contributed by atoms with van der Waals surface area (Å²) in [7, 11) is 0. The Morgan fingerprint density at radius 3 is 2.59 bits per heavy atom. The monoisotopic (exact) mass is 314 g/mol. The van der Waals surface area contributed by atoms with Crippen LogP contribution in [-0.4, -0.2) is 9.97 Å². The molecule has 0 aliphatic carbocycles. The average molecular weight is 316 g/mol. The number of rotatable bonds is 3. The lowest BCUT2D eigenvalue weighted by atomic mass is 10.1. The number of hydrogen-bond acceptors (Lipinski definition) is 2.